The maximum absolute atomic E-state index is 11.5. The molecule has 0 aliphatic rings. The van der Waals surface area contributed by atoms with Crippen LogP contribution in [0.25, 0.3) is 0 Å². The number of hydrogen-bond acceptors (Lipinski definition) is 4. The first kappa shape index (κ1) is 15.0. The Bertz CT molecular complexity index is 472. The number of rotatable bonds is 6. The summed E-state index contributed by atoms with van der Waals surface area (Å²) >= 11 is 0. The summed E-state index contributed by atoms with van der Waals surface area (Å²) in [6.45, 7) is 2.84. The van der Waals surface area contributed by atoms with Crippen molar-refractivity contribution in [3.05, 3.63) is 29.3 Å². The van der Waals surface area contributed by atoms with Gasteiger partial charge in [0.05, 0.1) is 6.61 Å². The van der Waals surface area contributed by atoms with Crippen LogP contribution in [0.1, 0.15) is 11.1 Å². The molecule has 0 aliphatic heterocycles. The van der Waals surface area contributed by atoms with Gasteiger partial charge in [-0.1, -0.05) is 17.7 Å². The molecule has 19 heavy (non-hydrogen) atoms. The lowest BCUT2D eigenvalue weighted by molar-refractivity contribution is -0.143. The number of amides is 1. The van der Waals surface area contributed by atoms with E-state index in [9.17, 15) is 9.59 Å². The number of aliphatic hydroxyl groups is 1. The van der Waals surface area contributed by atoms with Crippen molar-refractivity contribution in [3.8, 4) is 5.75 Å². The van der Waals surface area contributed by atoms with Crippen molar-refractivity contribution in [3.63, 3.8) is 0 Å². The molecule has 1 amide bonds. The van der Waals surface area contributed by atoms with Gasteiger partial charge in [0.1, 0.15) is 11.8 Å². The molecule has 0 aliphatic carbocycles. The number of nitrogens with one attached hydrogen (secondary N) is 1. The van der Waals surface area contributed by atoms with E-state index in [1.165, 1.54) is 0 Å². The van der Waals surface area contributed by atoms with Gasteiger partial charge < -0.3 is 20.3 Å². The maximum Gasteiger partial charge on any atom is 0.328 e. The first-order valence-corrected chi connectivity index (χ1v) is 5.77. The summed E-state index contributed by atoms with van der Waals surface area (Å²) in [6, 6.07) is 4.21. The van der Waals surface area contributed by atoms with E-state index in [2.05, 4.69) is 5.32 Å². The third-order valence-electron chi connectivity index (χ3n) is 2.51. The van der Waals surface area contributed by atoms with Crippen LogP contribution in [0, 0.1) is 13.8 Å². The molecule has 1 unspecified atom stereocenters. The van der Waals surface area contributed by atoms with Gasteiger partial charge in [-0.15, -0.1) is 0 Å². The lowest BCUT2D eigenvalue weighted by atomic mass is 10.1. The van der Waals surface area contributed by atoms with E-state index >= 15 is 0 Å². The van der Waals surface area contributed by atoms with Crippen molar-refractivity contribution in [2.24, 2.45) is 0 Å². The number of carboxylic acids is 1. The molecule has 1 rings (SSSR count). The highest BCUT2D eigenvalue weighted by molar-refractivity contribution is 5.84. The molecule has 1 aromatic rings. The highest BCUT2D eigenvalue weighted by Gasteiger charge is 2.18. The van der Waals surface area contributed by atoms with Gasteiger partial charge >= 0.3 is 5.97 Å². The largest absolute Gasteiger partial charge is 0.484 e. The van der Waals surface area contributed by atoms with E-state index in [4.69, 9.17) is 14.9 Å². The minimum absolute atomic E-state index is 0.298. The van der Waals surface area contributed by atoms with Gasteiger partial charge in [-0.25, -0.2) is 4.79 Å². The Kier molecular flexibility index (Phi) is 5.32. The Morgan fingerprint density at radius 2 is 2.05 bits per heavy atom. The van der Waals surface area contributed by atoms with Crippen molar-refractivity contribution in [1.82, 2.24) is 5.32 Å². The number of carbonyl (C=O) groups is 2. The van der Waals surface area contributed by atoms with Gasteiger partial charge in [0, 0.05) is 0 Å². The Hall–Kier alpha value is -2.08. The molecular weight excluding hydrogens is 250 g/mol. The molecule has 1 atom stereocenters. The average molecular weight is 267 g/mol. The van der Waals surface area contributed by atoms with Crippen LogP contribution in [-0.2, 0) is 9.59 Å². The summed E-state index contributed by atoms with van der Waals surface area (Å²) in [6.07, 6.45) is 0. The van der Waals surface area contributed by atoms with Gasteiger partial charge in [0.15, 0.2) is 6.61 Å². The molecule has 104 valence electrons. The van der Waals surface area contributed by atoms with Gasteiger partial charge in [0.2, 0.25) is 0 Å². The fourth-order valence-electron chi connectivity index (χ4n) is 1.53. The fraction of sp³-hybridized carbons (Fsp3) is 0.385. The van der Waals surface area contributed by atoms with Gasteiger partial charge in [-0.05, 0) is 25.5 Å². The van der Waals surface area contributed by atoms with E-state index in [0.29, 0.717) is 5.75 Å². The van der Waals surface area contributed by atoms with Gasteiger partial charge in [-0.2, -0.15) is 0 Å². The molecule has 0 saturated heterocycles. The van der Waals surface area contributed by atoms with E-state index in [1.54, 1.807) is 6.07 Å². The zero-order valence-electron chi connectivity index (χ0n) is 10.8. The first-order chi connectivity index (χ1) is 8.93. The van der Waals surface area contributed by atoms with Crippen LogP contribution in [0.15, 0.2) is 18.2 Å². The van der Waals surface area contributed by atoms with Crippen LogP contribution in [0.3, 0.4) is 0 Å². The number of aryl methyl sites for hydroxylation is 2. The standard InChI is InChI=1S/C13H17NO5/c1-8-3-4-11(9(2)5-8)19-7-12(16)14-10(6-15)13(17)18/h3-5,10,15H,6-7H2,1-2H3,(H,14,16)(H,17,18). The van der Waals surface area contributed by atoms with Crippen LogP contribution in [-0.4, -0.2) is 41.3 Å². The van der Waals surface area contributed by atoms with Crippen molar-refractivity contribution in [2.75, 3.05) is 13.2 Å². The number of ether oxygens (including phenoxy) is 1. The van der Waals surface area contributed by atoms with Crippen LogP contribution >= 0.6 is 0 Å². The lowest BCUT2D eigenvalue weighted by Crippen LogP contribution is -2.45. The highest BCUT2D eigenvalue weighted by Crippen LogP contribution is 2.18. The Morgan fingerprint density at radius 3 is 2.58 bits per heavy atom. The molecule has 0 spiro atoms. The summed E-state index contributed by atoms with van der Waals surface area (Å²) in [5, 5.41) is 19.6. The second kappa shape index (κ2) is 6.75. The number of hydrogen-bond donors (Lipinski definition) is 3. The number of benzene rings is 1. The minimum Gasteiger partial charge on any atom is -0.484 e. The van der Waals surface area contributed by atoms with Crippen molar-refractivity contribution in [1.29, 1.82) is 0 Å². The zero-order chi connectivity index (χ0) is 14.4. The summed E-state index contributed by atoms with van der Waals surface area (Å²) in [5.74, 6) is -1.32. The number of aliphatic hydroxyl groups excluding tert-OH is 1. The Labute approximate surface area is 111 Å². The van der Waals surface area contributed by atoms with Gasteiger partial charge in [0.25, 0.3) is 5.91 Å². The first-order valence-electron chi connectivity index (χ1n) is 5.77. The second-order valence-corrected chi connectivity index (χ2v) is 4.20. The summed E-state index contributed by atoms with van der Waals surface area (Å²) < 4.78 is 5.29. The summed E-state index contributed by atoms with van der Waals surface area (Å²) in [7, 11) is 0. The third-order valence-corrected chi connectivity index (χ3v) is 2.51. The van der Waals surface area contributed by atoms with E-state index in [-0.39, 0.29) is 6.61 Å². The van der Waals surface area contributed by atoms with Crippen LogP contribution < -0.4 is 10.1 Å². The topological polar surface area (TPSA) is 95.9 Å². The summed E-state index contributed by atoms with van der Waals surface area (Å²) in [5.41, 5.74) is 1.98. The van der Waals surface area contributed by atoms with Crippen molar-refractivity contribution in [2.45, 2.75) is 19.9 Å². The van der Waals surface area contributed by atoms with Gasteiger partial charge in [-0.3, -0.25) is 4.79 Å². The Balaban J connectivity index is 2.52. The van der Waals surface area contributed by atoms with E-state index < -0.39 is 24.5 Å². The molecule has 1 aromatic carbocycles. The smallest absolute Gasteiger partial charge is 0.328 e. The molecule has 0 fully saturated rings. The Morgan fingerprint density at radius 1 is 1.37 bits per heavy atom. The van der Waals surface area contributed by atoms with Crippen molar-refractivity contribution >= 4 is 11.9 Å². The summed E-state index contributed by atoms with van der Waals surface area (Å²) in [4.78, 5) is 22.1. The SMILES string of the molecule is Cc1ccc(OCC(=O)NC(CO)C(=O)O)c(C)c1. The quantitative estimate of drug-likeness (QED) is 0.686. The lowest BCUT2D eigenvalue weighted by Gasteiger charge is -2.13. The third kappa shape index (κ3) is 4.59. The normalized spacial score (nSPS) is 11.7. The molecule has 0 saturated carbocycles. The monoisotopic (exact) mass is 267 g/mol. The zero-order valence-corrected chi connectivity index (χ0v) is 10.8. The molecule has 0 heterocycles. The predicted molar refractivity (Wildman–Crippen MR) is 68.1 cm³/mol. The predicted octanol–water partition coefficient (Wildman–Crippen LogP) is 0.244. The second-order valence-electron chi connectivity index (χ2n) is 4.20. The molecular formula is C13H17NO5. The molecule has 6 nitrogen and oxygen atoms in total. The molecule has 0 bridgehead atoms. The van der Waals surface area contributed by atoms with E-state index in [1.807, 2.05) is 26.0 Å². The number of carboxylic acid groups (broad SMARTS) is 1. The van der Waals surface area contributed by atoms with E-state index in [0.717, 1.165) is 11.1 Å². The molecule has 6 heteroatoms. The molecule has 3 N–H and O–H groups in total. The van der Waals surface area contributed by atoms with Crippen LogP contribution in [0.5, 0.6) is 5.75 Å². The number of carbonyl (C=O) groups excluding carboxylic acids is 1. The fourth-order valence-corrected chi connectivity index (χ4v) is 1.53. The van der Waals surface area contributed by atoms with Crippen LogP contribution in [0.4, 0.5) is 0 Å². The average Bonchev–Trinajstić information content (AvgIpc) is 2.34. The van der Waals surface area contributed by atoms with Crippen LogP contribution in [0.2, 0.25) is 0 Å². The van der Waals surface area contributed by atoms with Crippen molar-refractivity contribution < 1.29 is 24.5 Å². The minimum atomic E-state index is -1.31. The highest BCUT2D eigenvalue weighted by atomic mass is 16.5. The molecule has 0 aromatic heterocycles. The maximum atomic E-state index is 11.5. The molecule has 0 radical (unpaired) electrons. The number of aliphatic carboxylic acids is 1.